The van der Waals surface area contributed by atoms with Gasteiger partial charge >= 0.3 is 0 Å². The zero-order chi connectivity index (χ0) is 18.5. The number of carbonyl (C=O) groups excluding carboxylic acids is 1. The zero-order valence-electron chi connectivity index (χ0n) is 13.7. The van der Waals surface area contributed by atoms with Gasteiger partial charge in [0.15, 0.2) is 29.6 Å². The Hall–Kier alpha value is -2.94. The lowest BCUT2D eigenvalue weighted by molar-refractivity contribution is -0.123. The van der Waals surface area contributed by atoms with Crippen molar-refractivity contribution in [2.75, 3.05) is 20.5 Å². The lowest BCUT2D eigenvalue weighted by atomic mass is 10.2. The summed E-state index contributed by atoms with van der Waals surface area (Å²) in [4.78, 5) is 11.8. The first kappa shape index (κ1) is 17.9. The van der Waals surface area contributed by atoms with Crippen LogP contribution in [0.4, 0.5) is 0 Å². The lowest BCUT2D eigenvalue weighted by Gasteiger charge is -2.07. The Morgan fingerprint density at radius 1 is 1.35 bits per heavy atom. The van der Waals surface area contributed by atoms with Gasteiger partial charge in [0.05, 0.1) is 17.8 Å². The molecular weight excluding hydrogens is 408 g/mol. The van der Waals surface area contributed by atoms with Gasteiger partial charge in [-0.1, -0.05) is 0 Å². The summed E-state index contributed by atoms with van der Waals surface area (Å²) < 4.78 is 21.3. The van der Waals surface area contributed by atoms with Gasteiger partial charge in [0.1, 0.15) is 5.75 Å². The highest BCUT2D eigenvalue weighted by atomic mass is 79.9. The number of hydrazone groups is 1. The number of hydrogen-bond acceptors (Lipinski definition) is 7. The quantitative estimate of drug-likeness (QED) is 0.547. The summed E-state index contributed by atoms with van der Waals surface area (Å²) in [5.41, 5.74) is 2.98. The van der Waals surface area contributed by atoms with Crippen molar-refractivity contribution in [1.29, 1.82) is 0 Å². The van der Waals surface area contributed by atoms with Gasteiger partial charge in [0.25, 0.3) is 5.91 Å². The Bertz CT molecular complexity index is 855. The molecule has 0 unspecified atom stereocenters. The van der Waals surface area contributed by atoms with Gasteiger partial charge < -0.3 is 24.1 Å². The van der Waals surface area contributed by atoms with E-state index in [-0.39, 0.29) is 19.1 Å². The largest absolute Gasteiger partial charge is 0.503 e. The highest BCUT2D eigenvalue weighted by molar-refractivity contribution is 9.10. The number of methoxy groups -OCH3 is 1. The molecule has 9 heteroatoms. The van der Waals surface area contributed by atoms with Crippen molar-refractivity contribution in [3.05, 3.63) is 40.4 Å². The first-order valence-electron chi connectivity index (χ1n) is 7.47. The fourth-order valence-electron chi connectivity index (χ4n) is 2.15. The third-order valence-corrected chi connectivity index (χ3v) is 3.99. The summed E-state index contributed by atoms with van der Waals surface area (Å²) in [6, 6.07) is 8.27. The molecule has 2 aromatic rings. The first-order chi connectivity index (χ1) is 12.6. The standard InChI is InChI=1S/C17H15BrN2O6/c1-23-15-5-10(4-12(18)17(15)22)7-19-20-16(21)8-24-11-2-3-13-14(6-11)26-9-25-13/h2-7,22H,8-9H2,1H3,(H,20,21)/b19-7+. The number of nitrogens with zero attached hydrogens (tertiary/aromatic N) is 1. The highest BCUT2D eigenvalue weighted by Gasteiger charge is 2.14. The second-order valence-corrected chi connectivity index (χ2v) is 6.00. The van der Waals surface area contributed by atoms with E-state index in [1.54, 1.807) is 30.3 Å². The third-order valence-electron chi connectivity index (χ3n) is 3.39. The van der Waals surface area contributed by atoms with Crippen LogP contribution in [0.25, 0.3) is 0 Å². The Balaban J connectivity index is 1.52. The Kier molecular flexibility index (Phi) is 5.47. The fourth-order valence-corrected chi connectivity index (χ4v) is 2.61. The lowest BCUT2D eigenvalue weighted by Crippen LogP contribution is -2.24. The number of amides is 1. The van der Waals surface area contributed by atoms with E-state index in [2.05, 4.69) is 26.5 Å². The van der Waals surface area contributed by atoms with Crippen LogP contribution >= 0.6 is 15.9 Å². The number of halogens is 1. The predicted molar refractivity (Wildman–Crippen MR) is 96.2 cm³/mol. The highest BCUT2D eigenvalue weighted by Crippen LogP contribution is 2.35. The van der Waals surface area contributed by atoms with Crippen LogP contribution in [0.3, 0.4) is 0 Å². The maximum atomic E-state index is 11.8. The van der Waals surface area contributed by atoms with Crippen molar-refractivity contribution < 1.29 is 28.8 Å². The molecule has 1 aliphatic rings. The minimum absolute atomic E-state index is 0.00851. The number of rotatable bonds is 6. The fraction of sp³-hybridized carbons (Fsp3) is 0.176. The van der Waals surface area contributed by atoms with Crippen molar-refractivity contribution in [3.8, 4) is 28.7 Å². The maximum Gasteiger partial charge on any atom is 0.277 e. The summed E-state index contributed by atoms with van der Waals surface area (Å²) in [7, 11) is 1.44. The molecule has 1 aliphatic heterocycles. The predicted octanol–water partition coefficient (Wildman–Crippen LogP) is 2.42. The SMILES string of the molecule is COc1cc(/C=N/NC(=O)COc2ccc3c(c2)OCO3)cc(Br)c1O. The van der Waals surface area contributed by atoms with Gasteiger partial charge in [0.2, 0.25) is 6.79 Å². The van der Waals surface area contributed by atoms with Crippen LogP contribution in [0.15, 0.2) is 39.9 Å². The number of carbonyl (C=O) groups is 1. The topological polar surface area (TPSA) is 98.6 Å². The van der Waals surface area contributed by atoms with E-state index in [0.717, 1.165) is 0 Å². The van der Waals surface area contributed by atoms with E-state index in [0.29, 0.717) is 33.0 Å². The molecule has 26 heavy (non-hydrogen) atoms. The molecule has 0 atom stereocenters. The minimum Gasteiger partial charge on any atom is -0.503 e. The molecule has 1 amide bonds. The van der Waals surface area contributed by atoms with Crippen LogP contribution in [0.1, 0.15) is 5.56 Å². The molecule has 0 bridgehead atoms. The average Bonchev–Trinajstić information content (AvgIpc) is 3.10. The van der Waals surface area contributed by atoms with Gasteiger partial charge in [-0.15, -0.1) is 0 Å². The summed E-state index contributed by atoms with van der Waals surface area (Å²) in [5, 5.41) is 13.6. The van der Waals surface area contributed by atoms with E-state index < -0.39 is 5.91 Å². The first-order valence-corrected chi connectivity index (χ1v) is 8.27. The van der Waals surface area contributed by atoms with E-state index in [1.165, 1.54) is 13.3 Å². The normalized spacial score (nSPS) is 12.2. The second-order valence-electron chi connectivity index (χ2n) is 5.15. The number of ether oxygens (including phenoxy) is 4. The summed E-state index contributed by atoms with van der Waals surface area (Å²) in [6.45, 7) is -0.0360. The summed E-state index contributed by atoms with van der Waals surface area (Å²) in [6.07, 6.45) is 1.42. The third kappa shape index (κ3) is 4.17. The molecule has 0 saturated carbocycles. The molecular formula is C17H15BrN2O6. The average molecular weight is 423 g/mol. The molecule has 2 N–H and O–H groups in total. The molecule has 3 rings (SSSR count). The second kappa shape index (κ2) is 7.96. The maximum absolute atomic E-state index is 11.8. The summed E-state index contributed by atoms with van der Waals surface area (Å²) in [5.74, 6) is 1.56. The number of nitrogens with one attached hydrogen (secondary N) is 1. The van der Waals surface area contributed by atoms with E-state index in [9.17, 15) is 9.90 Å². The smallest absolute Gasteiger partial charge is 0.277 e. The van der Waals surface area contributed by atoms with E-state index in [4.69, 9.17) is 18.9 Å². The molecule has 2 aromatic carbocycles. The molecule has 0 fully saturated rings. The van der Waals surface area contributed by atoms with E-state index >= 15 is 0 Å². The van der Waals surface area contributed by atoms with E-state index in [1.807, 2.05) is 0 Å². The van der Waals surface area contributed by atoms with Crippen LogP contribution in [-0.4, -0.2) is 37.7 Å². The number of aromatic hydroxyl groups is 1. The monoisotopic (exact) mass is 422 g/mol. The van der Waals surface area contributed by atoms with Crippen LogP contribution in [0.5, 0.6) is 28.7 Å². The Morgan fingerprint density at radius 3 is 2.96 bits per heavy atom. The van der Waals surface area contributed by atoms with Crippen LogP contribution < -0.4 is 24.4 Å². The molecule has 0 spiro atoms. The number of fused-ring (bicyclic) bond motifs is 1. The van der Waals surface area contributed by atoms with Gasteiger partial charge in [-0.3, -0.25) is 4.79 Å². The van der Waals surface area contributed by atoms with Gasteiger partial charge in [0, 0.05) is 6.07 Å². The summed E-state index contributed by atoms with van der Waals surface area (Å²) >= 11 is 3.21. The molecule has 0 saturated heterocycles. The molecule has 0 aromatic heterocycles. The van der Waals surface area contributed by atoms with Crippen LogP contribution in [0, 0.1) is 0 Å². The van der Waals surface area contributed by atoms with Crippen molar-refractivity contribution in [2.24, 2.45) is 5.10 Å². The molecule has 1 heterocycles. The number of hydrogen-bond donors (Lipinski definition) is 2. The molecule has 8 nitrogen and oxygen atoms in total. The van der Waals surface area contributed by atoms with Gasteiger partial charge in [-0.2, -0.15) is 5.10 Å². The van der Waals surface area contributed by atoms with Gasteiger partial charge in [-0.05, 0) is 45.8 Å². The van der Waals surface area contributed by atoms with Crippen molar-refractivity contribution in [3.63, 3.8) is 0 Å². The van der Waals surface area contributed by atoms with Crippen LogP contribution in [0.2, 0.25) is 0 Å². The number of phenols is 1. The Morgan fingerprint density at radius 2 is 2.15 bits per heavy atom. The molecule has 0 aliphatic carbocycles. The van der Waals surface area contributed by atoms with Crippen molar-refractivity contribution in [1.82, 2.24) is 5.43 Å². The van der Waals surface area contributed by atoms with Gasteiger partial charge in [-0.25, -0.2) is 5.43 Å². The van der Waals surface area contributed by atoms with Crippen LogP contribution in [-0.2, 0) is 4.79 Å². The Labute approximate surface area is 157 Å². The number of benzene rings is 2. The van der Waals surface area contributed by atoms with Crippen molar-refractivity contribution >= 4 is 28.1 Å². The molecule has 136 valence electrons. The van der Waals surface area contributed by atoms with Crippen molar-refractivity contribution in [2.45, 2.75) is 0 Å². The number of phenolic OH excluding ortho intramolecular Hbond substituents is 1. The molecule has 0 radical (unpaired) electrons. The zero-order valence-corrected chi connectivity index (χ0v) is 15.3. The minimum atomic E-state index is -0.427.